The summed E-state index contributed by atoms with van der Waals surface area (Å²) in [7, 11) is 0. The molecular weight excluding hydrogens is 364 g/mol. The first kappa shape index (κ1) is 18.9. The van der Waals surface area contributed by atoms with E-state index in [2.05, 4.69) is 52.3 Å². The minimum absolute atomic E-state index is 0.167. The van der Waals surface area contributed by atoms with Gasteiger partial charge in [0.25, 0.3) is 5.91 Å². The standard InChI is InChI=1S/C24H26N2OS/c27-24(23-12-7-17-28-23)26(19-21-10-5-2-6-11-21)22-13-15-25(16-14-22)18-20-8-3-1-4-9-20/h1-12,17,22H,13-16,18-19H2. The third-order valence-electron chi connectivity index (χ3n) is 5.44. The zero-order valence-electron chi connectivity index (χ0n) is 16.0. The average Bonchev–Trinajstić information content (AvgIpc) is 3.29. The number of thiophene rings is 1. The molecule has 1 aliphatic heterocycles. The van der Waals surface area contributed by atoms with Crippen LogP contribution in [0.2, 0.25) is 0 Å². The lowest BCUT2D eigenvalue weighted by Crippen LogP contribution is -2.46. The van der Waals surface area contributed by atoms with Crippen LogP contribution < -0.4 is 0 Å². The number of carbonyl (C=O) groups is 1. The fourth-order valence-corrected chi connectivity index (χ4v) is 4.60. The molecule has 1 aliphatic rings. The van der Waals surface area contributed by atoms with Gasteiger partial charge >= 0.3 is 0 Å². The monoisotopic (exact) mass is 390 g/mol. The Hall–Kier alpha value is -2.43. The summed E-state index contributed by atoms with van der Waals surface area (Å²) in [5.41, 5.74) is 2.55. The molecule has 0 spiro atoms. The quantitative estimate of drug-likeness (QED) is 0.588. The van der Waals surface area contributed by atoms with Gasteiger partial charge in [0.1, 0.15) is 0 Å². The molecule has 3 aromatic rings. The molecule has 3 nitrogen and oxygen atoms in total. The summed E-state index contributed by atoms with van der Waals surface area (Å²) in [4.78, 5) is 18.6. The fourth-order valence-electron chi connectivity index (χ4n) is 3.92. The van der Waals surface area contributed by atoms with Crippen molar-refractivity contribution in [2.75, 3.05) is 13.1 Å². The highest BCUT2D eigenvalue weighted by atomic mass is 32.1. The van der Waals surface area contributed by atoms with Crippen LogP contribution in [0.3, 0.4) is 0 Å². The Kier molecular flexibility index (Phi) is 6.20. The Morgan fingerprint density at radius 1 is 0.893 bits per heavy atom. The van der Waals surface area contributed by atoms with Crippen LogP contribution in [-0.2, 0) is 13.1 Å². The number of carbonyl (C=O) groups excluding carboxylic acids is 1. The van der Waals surface area contributed by atoms with Crippen molar-refractivity contribution in [3.63, 3.8) is 0 Å². The topological polar surface area (TPSA) is 23.6 Å². The molecule has 4 heteroatoms. The van der Waals surface area contributed by atoms with Gasteiger partial charge in [0.2, 0.25) is 0 Å². The first-order valence-electron chi connectivity index (χ1n) is 9.94. The fraction of sp³-hybridized carbons (Fsp3) is 0.292. The van der Waals surface area contributed by atoms with Crippen LogP contribution >= 0.6 is 11.3 Å². The SMILES string of the molecule is O=C(c1cccs1)N(Cc1ccccc1)C1CCN(Cc2ccccc2)CC1. The minimum Gasteiger partial charge on any atom is -0.331 e. The van der Waals surface area contributed by atoms with Crippen molar-refractivity contribution in [1.29, 1.82) is 0 Å². The van der Waals surface area contributed by atoms with Gasteiger partial charge in [-0.2, -0.15) is 0 Å². The van der Waals surface area contributed by atoms with E-state index in [1.807, 2.05) is 35.7 Å². The van der Waals surface area contributed by atoms with Gasteiger partial charge in [0, 0.05) is 32.2 Å². The van der Waals surface area contributed by atoms with Crippen LogP contribution in [0.5, 0.6) is 0 Å². The van der Waals surface area contributed by atoms with E-state index in [9.17, 15) is 4.79 Å². The maximum absolute atomic E-state index is 13.2. The number of likely N-dealkylation sites (tertiary alicyclic amines) is 1. The van der Waals surface area contributed by atoms with Crippen LogP contribution in [0.1, 0.15) is 33.6 Å². The van der Waals surface area contributed by atoms with Gasteiger partial charge in [-0.3, -0.25) is 9.69 Å². The van der Waals surface area contributed by atoms with E-state index in [0.29, 0.717) is 12.6 Å². The van der Waals surface area contributed by atoms with E-state index in [1.165, 1.54) is 22.5 Å². The first-order chi connectivity index (χ1) is 13.8. The smallest absolute Gasteiger partial charge is 0.264 e. The summed E-state index contributed by atoms with van der Waals surface area (Å²) >= 11 is 1.53. The third kappa shape index (κ3) is 4.70. The molecule has 0 saturated carbocycles. The molecule has 0 aliphatic carbocycles. The van der Waals surface area contributed by atoms with Crippen LogP contribution in [0, 0.1) is 0 Å². The van der Waals surface area contributed by atoms with E-state index >= 15 is 0 Å². The Bertz CT molecular complexity index is 856. The van der Waals surface area contributed by atoms with E-state index in [1.54, 1.807) is 0 Å². The van der Waals surface area contributed by atoms with Gasteiger partial charge in [0.05, 0.1) is 4.88 Å². The molecule has 1 aromatic heterocycles. The van der Waals surface area contributed by atoms with Crippen molar-refractivity contribution in [3.8, 4) is 0 Å². The number of amides is 1. The number of nitrogens with zero attached hydrogens (tertiary/aromatic N) is 2. The lowest BCUT2D eigenvalue weighted by atomic mass is 10.0. The second-order valence-electron chi connectivity index (χ2n) is 7.39. The summed E-state index contributed by atoms with van der Waals surface area (Å²) in [6.45, 7) is 3.73. The second-order valence-corrected chi connectivity index (χ2v) is 8.34. The predicted octanol–water partition coefficient (Wildman–Crippen LogP) is 5.06. The molecule has 0 atom stereocenters. The molecule has 4 rings (SSSR count). The van der Waals surface area contributed by atoms with Gasteiger partial charge in [-0.1, -0.05) is 66.7 Å². The molecule has 144 valence electrons. The summed E-state index contributed by atoms with van der Waals surface area (Å²) < 4.78 is 0. The molecular formula is C24H26N2OS. The number of benzene rings is 2. The van der Waals surface area contributed by atoms with Crippen molar-refractivity contribution in [2.24, 2.45) is 0 Å². The van der Waals surface area contributed by atoms with Gasteiger partial charge in [-0.25, -0.2) is 0 Å². The van der Waals surface area contributed by atoms with E-state index < -0.39 is 0 Å². The molecule has 0 bridgehead atoms. The normalized spacial score (nSPS) is 15.4. The van der Waals surface area contributed by atoms with E-state index in [0.717, 1.165) is 37.4 Å². The highest BCUT2D eigenvalue weighted by Gasteiger charge is 2.29. The maximum Gasteiger partial charge on any atom is 0.264 e. The zero-order valence-corrected chi connectivity index (χ0v) is 16.9. The van der Waals surface area contributed by atoms with Crippen LogP contribution in [-0.4, -0.2) is 34.8 Å². The maximum atomic E-state index is 13.2. The Morgan fingerprint density at radius 2 is 1.54 bits per heavy atom. The molecule has 2 heterocycles. The molecule has 1 fully saturated rings. The molecule has 0 radical (unpaired) electrons. The Labute approximate surface area is 171 Å². The third-order valence-corrected chi connectivity index (χ3v) is 6.29. The molecule has 0 unspecified atom stereocenters. The highest BCUT2D eigenvalue weighted by molar-refractivity contribution is 7.12. The summed E-state index contributed by atoms with van der Waals surface area (Å²) in [6, 6.07) is 25.2. The van der Waals surface area contributed by atoms with Gasteiger partial charge in [-0.15, -0.1) is 11.3 Å². The Balaban J connectivity index is 1.44. The number of rotatable bonds is 6. The van der Waals surface area contributed by atoms with Gasteiger partial charge in [0.15, 0.2) is 0 Å². The van der Waals surface area contributed by atoms with E-state index in [-0.39, 0.29) is 5.91 Å². The van der Waals surface area contributed by atoms with Crippen LogP contribution in [0.4, 0.5) is 0 Å². The van der Waals surface area contributed by atoms with Crippen molar-refractivity contribution in [3.05, 3.63) is 94.2 Å². The van der Waals surface area contributed by atoms with Gasteiger partial charge in [-0.05, 0) is 35.4 Å². The van der Waals surface area contributed by atoms with Crippen molar-refractivity contribution in [2.45, 2.75) is 32.0 Å². The second kappa shape index (κ2) is 9.18. The van der Waals surface area contributed by atoms with Crippen LogP contribution in [0.25, 0.3) is 0 Å². The molecule has 28 heavy (non-hydrogen) atoms. The van der Waals surface area contributed by atoms with Crippen molar-refractivity contribution < 1.29 is 4.79 Å². The number of piperidine rings is 1. The van der Waals surface area contributed by atoms with Crippen LogP contribution in [0.15, 0.2) is 78.2 Å². The lowest BCUT2D eigenvalue weighted by Gasteiger charge is -2.38. The average molecular weight is 391 g/mol. The van der Waals surface area contributed by atoms with E-state index in [4.69, 9.17) is 0 Å². The minimum atomic E-state index is 0.167. The first-order valence-corrected chi connectivity index (χ1v) is 10.8. The van der Waals surface area contributed by atoms with Crippen molar-refractivity contribution >= 4 is 17.2 Å². The molecule has 0 N–H and O–H groups in total. The highest BCUT2D eigenvalue weighted by Crippen LogP contribution is 2.24. The van der Waals surface area contributed by atoms with Crippen molar-refractivity contribution in [1.82, 2.24) is 9.80 Å². The zero-order chi connectivity index (χ0) is 19.2. The number of hydrogen-bond donors (Lipinski definition) is 0. The summed E-state index contributed by atoms with van der Waals surface area (Å²) in [6.07, 6.45) is 2.05. The lowest BCUT2D eigenvalue weighted by molar-refractivity contribution is 0.0547. The summed E-state index contributed by atoms with van der Waals surface area (Å²) in [5.74, 6) is 0.167. The largest absolute Gasteiger partial charge is 0.331 e. The Morgan fingerprint density at radius 3 is 2.14 bits per heavy atom. The molecule has 1 saturated heterocycles. The summed E-state index contributed by atoms with van der Waals surface area (Å²) in [5, 5.41) is 1.98. The molecule has 1 amide bonds. The van der Waals surface area contributed by atoms with Gasteiger partial charge < -0.3 is 4.90 Å². The molecule has 2 aromatic carbocycles. The predicted molar refractivity (Wildman–Crippen MR) is 115 cm³/mol. The number of hydrogen-bond acceptors (Lipinski definition) is 3.